The number of carbonyl (C=O) groups excluding carboxylic acids is 2. The molecule has 0 saturated heterocycles. The molecule has 0 aliphatic heterocycles. The van der Waals surface area contributed by atoms with Crippen molar-refractivity contribution in [3.63, 3.8) is 0 Å². The average molecular weight is 481 g/mol. The molecule has 1 amide bonds. The Labute approximate surface area is 204 Å². The number of para-hydroxylation sites is 1. The molecule has 0 aliphatic rings. The first-order valence-electron chi connectivity index (χ1n) is 11.1. The number of fused-ring (bicyclic) bond motifs is 1. The lowest BCUT2D eigenvalue weighted by Gasteiger charge is -2.09. The van der Waals surface area contributed by atoms with Crippen LogP contribution in [0.3, 0.4) is 0 Å². The largest absolute Gasteiger partial charge is 0.450 e. The Morgan fingerprint density at radius 1 is 0.972 bits per heavy atom. The summed E-state index contributed by atoms with van der Waals surface area (Å²) < 4.78 is 21.3. The lowest BCUT2D eigenvalue weighted by Crippen LogP contribution is -2.26. The molecule has 0 radical (unpaired) electrons. The van der Waals surface area contributed by atoms with Gasteiger partial charge in [0.1, 0.15) is 11.4 Å². The molecule has 0 spiro atoms. The maximum absolute atomic E-state index is 14.1. The number of hydrogen-bond acceptors (Lipinski definition) is 5. The molecule has 3 aromatic carbocycles. The molecule has 36 heavy (non-hydrogen) atoms. The van der Waals surface area contributed by atoms with Crippen LogP contribution in [0.25, 0.3) is 16.7 Å². The van der Waals surface area contributed by atoms with E-state index in [-0.39, 0.29) is 22.7 Å². The molecule has 0 atom stereocenters. The zero-order valence-electron chi connectivity index (χ0n) is 19.4. The molecule has 0 saturated carbocycles. The van der Waals surface area contributed by atoms with Gasteiger partial charge in [-0.3, -0.25) is 14.4 Å². The predicted octanol–water partition coefficient (Wildman–Crippen LogP) is 5.22. The average Bonchev–Trinajstić information content (AvgIpc) is 3.23. The maximum Gasteiger partial charge on any atom is 0.280 e. The van der Waals surface area contributed by atoms with Crippen LogP contribution in [0.1, 0.15) is 37.7 Å². The molecule has 2 aromatic heterocycles. The van der Waals surface area contributed by atoms with Crippen molar-refractivity contribution in [2.75, 3.05) is 5.32 Å². The van der Waals surface area contributed by atoms with E-state index in [1.54, 1.807) is 37.3 Å². The molecule has 1 N–H and O–H groups in total. The van der Waals surface area contributed by atoms with Gasteiger partial charge in [0.15, 0.2) is 11.5 Å². The van der Waals surface area contributed by atoms with Gasteiger partial charge in [-0.1, -0.05) is 36.4 Å². The van der Waals surface area contributed by atoms with Gasteiger partial charge in [0.2, 0.25) is 11.2 Å². The zero-order valence-corrected chi connectivity index (χ0v) is 19.4. The lowest BCUT2D eigenvalue weighted by molar-refractivity contribution is 0.101. The molecule has 0 fully saturated rings. The highest BCUT2D eigenvalue weighted by molar-refractivity contribution is 6.18. The lowest BCUT2D eigenvalue weighted by atomic mass is 10.0. The Morgan fingerprint density at radius 2 is 1.78 bits per heavy atom. The predicted molar refractivity (Wildman–Crippen MR) is 133 cm³/mol. The standard InChI is InChI=1S/C28H20FN3O4/c1-16-6-5-7-19(14-16)32-13-12-22(33)25(31-32)28(35)30-24-20-8-3-4-9-23(20)36-27(24)26(34)18-11-10-17(2)21(29)15-18/h3-15H,1-2H3,(H,30,35). The molecule has 0 bridgehead atoms. The first kappa shape index (κ1) is 22.9. The van der Waals surface area contributed by atoms with Crippen LogP contribution in [0.2, 0.25) is 0 Å². The quantitative estimate of drug-likeness (QED) is 0.348. The van der Waals surface area contributed by atoms with Crippen molar-refractivity contribution in [3.8, 4) is 5.69 Å². The molecular formula is C28H20FN3O4. The van der Waals surface area contributed by atoms with E-state index in [0.29, 0.717) is 22.2 Å². The number of rotatable bonds is 5. The second-order valence-corrected chi connectivity index (χ2v) is 8.36. The maximum atomic E-state index is 14.1. The number of halogens is 1. The van der Waals surface area contributed by atoms with E-state index in [1.807, 2.05) is 25.1 Å². The summed E-state index contributed by atoms with van der Waals surface area (Å²) in [5.74, 6) is -2.13. The number of ketones is 1. The number of benzene rings is 3. The van der Waals surface area contributed by atoms with Crippen LogP contribution >= 0.6 is 0 Å². The molecule has 8 heteroatoms. The smallest absolute Gasteiger partial charge is 0.280 e. The molecule has 2 heterocycles. The third-order valence-corrected chi connectivity index (χ3v) is 5.76. The number of hydrogen-bond donors (Lipinski definition) is 1. The summed E-state index contributed by atoms with van der Waals surface area (Å²) >= 11 is 0. The minimum atomic E-state index is -0.808. The first-order valence-corrected chi connectivity index (χ1v) is 11.1. The normalized spacial score (nSPS) is 11.0. The molecule has 5 aromatic rings. The summed E-state index contributed by atoms with van der Waals surface area (Å²) in [6, 6.07) is 19.5. The Hall–Kier alpha value is -4.85. The number of aromatic nitrogens is 2. The van der Waals surface area contributed by atoms with Crippen molar-refractivity contribution in [3.05, 3.63) is 123 Å². The van der Waals surface area contributed by atoms with Gasteiger partial charge in [-0.25, -0.2) is 9.07 Å². The Balaban J connectivity index is 1.56. The fraction of sp³-hybridized carbons (Fsp3) is 0.0714. The SMILES string of the molecule is Cc1cccc(-n2ccc(=O)c(C(=O)Nc3c(C(=O)c4ccc(C)c(F)c4)oc4ccccc34)n2)c1. The first-order chi connectivity index (χ1) is 17.3. The van der Waals surface area contributed by atoms with Gasteiger partial charge >= 0.3 is 0 Å². The summed E-state index contributed by atoms with van der Waals surface area (Å²) in [5, 5.41) is 7.31. The second-order valence-electron chi connectivity index (χ2n) is 8.36. The van der Waals surface area contributed by atoms with Crippen molar-refractivity contribution in [1.29, 1.82) is 0 Å². The van der Waals surface area contributed by atoms with Gasteiger partial charge in [0.25, 0.3) is 5.91 Å². The van der Waals surface area contributed by atoms with Crippen LogP contribution in [-0.2, 0) is 0 Å². The second kappa shape index (κ2) is 9.07. The summed E-state index contributed by atoms with van der Waals surface area (Å²) in [5.41, 5.74) is 1.60. The number of nitrogens with one attached hydrogen (secondary N) is 1. The van der Waals surface area contributed by atoms with E-state index in [4.69, 9.17) is 4.42 Å². The molecule has 0 unspecified atom stereocenters. The highest BCUT2D eigenvalue weighted by Crippen LogP contribution is 2.33. The van der Waals surface area contributed by atoms with Crippen LogP contribution in [-0.4, -0.2) is 21.5 Å². The fourth-order valence-corrected chi connectivity index (χ4v) is 3.85. The van der Waals surface area contributed by atoms with Crippen molar-refractivity contribution in [2.45, 2.75) is 13.8 Å². The van der Waals surface area contributed by atoms with Crippen molar-refractivity contribution in [1.82, 2.24) is 9.78 Å². The van der Waals surface area contributed by atoms with E-state index >= 15 is 0 Å². The number of aryl methyl sites for hydroxylation is 2. The third kappa shape index (κ3) is 4.20. The summed E-state index contributed by atoms with van der Waals surface area (Å²) in [6.45, 7) is 3.51. The van der Waals surface area contributed by atoms with Gasteiger partial charge < -0.3 is 9.73 Å². The number of carbonyl (C=O) groups is 2. The molecular weight excluding hydrogens is 461 g/mol. The number of furan rings is 1. The van der Waals surface area contributed by atoms with Gasteiger partial charge in [-0.15, -0.1) is 0 Å². The molecule has 7 nitrogen and oxygen atoms in total. The monoisotopic (exact) mass is 481 g/mol. The van der Waals surface area contributed by atoms with Crippen molar-refractivity contribution < 1.29 is 18.4 Å². The minimum Gasteiger partial charge on any atom is -0.450 e. The Bertz CT molecular complexity index is 1720. The van der Waals surface area contributed by atoms with Crippen molar-refractivity contribution in [2.24, 2.45) is 0 Å². The third-order valence-electron chi connectivity index (χ3n) is 5.76. The summed E-state index contributed by atoms with van der Waals surface area (Å²) in [7, 11) is 0. The fourth-order valence-electron chi connectivity index (χ4n) is 3.85. The Kier molecular flexibility index (Phi) is 5.77. The number of amides is 1. The van der Waals surface area contributed by atoms with Crippen molar-refractivity contribution >= 4 is 28.3 Å². The van der Waals surface area contributed by atoms with Crippen LogP contribution in [0.4, 0.5) is 10.1 Å². The molecule has 178 valence electrons. The number of anilines is 1. The molecule has 0 aliphatic carbocycles. The number of nitrogens with zero attached hydrogens (tertiary/aromatic N) is 2. The highest BCUT2D eigenvalue weighted by Gasteiger charge is 2.25. The summed E-state index contributed by atoms with van der Waals surface area (Å²) in [4.78, 5) is 39.0. The van der Waals surface area contributed by atoms with E-state index in [2.05, 4.69) is 10.4 Å². The zero-order chi connectivity index (χ0) is 25.4. The van der Waals surface area contributed by atoms with Gasteiger partial charge in [-0.05, 0) is 55.3 Å². The van der Waals surface area contributed by atoms with Crippen LogP contribution in [0.15, 0.2) is 88.2 Å². The van der Waals surface area contributed by atoms with E-state index in [0.717, 1.165) is 11.6 Å². The van der Waals surface area contributed by atoms with E-state index < -0.39 is 22.9 Å². The van der Waals surface area contributed by atoms with E-state index in [1.165, 1.54) is 29.1 Å². The minimum absolute atomic E-state index is 0.0623. The van der Waals surface area contributed by atoms with Crippen LogP contribution < -0.4 is 10.7 Å². The van der Waals surface area contributed by atoms with Crippen LogP contribution in [0.5, 0.6) is 0 Å². The Morgan fingerprint density at radius 3 is 2.56 bits per heavy atom. The van der Waals surface area contributed by atoms with Gasteiger partial charge in [0, 0.05) is 23.2 Å². The molecule has 5 rings (SSSR count). The van der Waals surface area contributed by atoms with E-state index in [9.17, 15) is 18.8 Å². The van der Waals surface area contributed by atoms with Gasteiger partial charge in [0.05, 0.1) is 11.4 Å². The topological polar surface area (TPSA) is 94.2 Å². The van der Waals surface area contributed by atoms with Crippen LogP contribution in [0, 0.1) is 19.7 Å². The van der Waals surface area contributed by atoms with Gasteiger partial charge in [-0.2, -0.15) is 5.10 Å². The summed E-state index contributed by atoms with van der Waals surface area (Å²) in [6.07, 6.45) is 1.47. The highest BCUT2D eigenvalue weighted by atomic mass is 19.1.